The zero-order chi connectivity index (χ0) is 20.8. The smallest absolute Gasteiger partial charge is 0.225 e. The number of carbonyl (C=O) groups excluding carboxylic acids is 1. The summed E-state index contributed by atoms with van der Waals surface area (Å²) in [7, 11) is 0. The molecule has 0 radical (unpaired) electrons. The Bertz CT molecular complexity index is 1030. The normalized spacial score (nSPS) is 17.7. The number of hydrogen-bond acceptors (Lipinski definition) is 5. The largest absolute Gasteiger partial charge is 0.351 e. The average molecular weight is 412 g/mol. The number of amides is 1. The first-order valence-corrected chi connectivity index (χ1v) is 11.0. The summed E-state index contributed by atoms with van der Waals surface area (Å²) in [4.78, 5) is 19.9. The predicted octanol–water partition coefficient (Wildman–Crippen LogP) is 4.23. The Morgan fingerprint density at radius 2 is 1.93 bits per heavy atom. The van der Waals surface area contributed by atoms with Gasteiger partial charge in [0, 0.05) is 18.6 Å². The van der Waals surface area contributed by atoms with E-state index in [0.29, 0.717) is 0 Å². The van der Waals surface area contributed by atoms with Crippen LogP contribution in [0.5, 0.6) is 0 Å². The van der Waals surface area contributed by atoms with Gasteiger partial charge in [-0.15, -0.1) is 0 Å². The van der Waals surface area contributed by atoms with Crippen LogP contribution >= 0.6 is 11.3 Å². The summed E-state index contributed by atoms with van der Waals surface area (Å²) in [6, 6.07) is 8.34. The number of nitrogens with one attached hydrogen (secondary N) is 1. The van der Waals surface area contributed by atoms with Crippen LogP contribution in [-0.4, -0.2) is 39.3 Å². The topological polar surface area (TPSA) is 63.1 Å². The van der Waals surface area contributed by atoms with Crippen molar-refractivity contribution >= 4 is 32.7 Å². The molecule has 1 N–H and O–H groups in total. The highest BCUT2D eigenvalue weighted by molar-refractivity contribution is 7.22. The van der Waals surface area contributed by atoms with Crippen LogP contribution in [0.4, 0.5) is 5.13 Å². The van der Waals surface area contributed by atoms with Crippen molar-refractivity contribution < 1.29 is 4.79 Å². The van der Waals surface area contributed by atoms with Crippen molar-refractivity contribution in [2.45, 2.75) is 53.0 Å². The zero-order valence-electron chi connectivity index (χ0n) is 17.8. The van der Waals surface area contributed by atoms with Crippen LogP contribution in [-0.2, 0) is 4.79 Å². The van der Waals surface area contributed by atoms with Gasteiger partial charge in [0.2, 0.25) is 5.91 Å². The van der Waals surface area contributed by atoms with Crippen molar-refractivity contribution in [3.63, 3.8) is 0 Å². The summed E-state index contributed by atoms with van der Waals surface area (Å²) < 4.78 is 3.04. The summed E-state index contributed by atoms with van der Waals surface area (Å²) in [5, 5.41) is 8.81. The standard InChI is InChI=1S/C22H29N5OS/c1-14-8-10-17(11-9-14)27-19-18(15(2)25-27)29-21(23-19)26-12-6-7-16(13-26)20(28)24-22(3,4)5/h8-11,16H,6-7,12-13H2,1-5H3,(H,24,28)/t16-/m0/s1. The number of piperidine rings is 1. The number of nitrogens with zero attached hydrogens (tertiary/aromatic N) is 4. The molecule has 3 heterocycles. The van der Waals surface area contributed by atoms with Crippen molar-refractivity contribution in [1.29, 1.82) is 0 Å². The second-order valence-electron chi connectivity index (χ2n) is 9.01. The average Bonchev–Trinajstić information content (AvgIpc) is 3.22. The second kappa shape index (κ2) is 7.44. The Labute approximate surface area is 175 Å². The lowest BCUT2D eigenvalue weighted by molar-refractivity contribution is -0.126. The minimum atomic E-state index is -0.205. The molecule has 1 saturated heterocycles. The molecule has 1 aliphatic rings. The second-order valence-corrected chi connectivity index (χ2v) is 9.98. The molecule has 0 unspecified atom stereocenters. The first kappa shape index (κ1) is 19.9. The number of aryl methyl sites for hydroxylation is 2. The van der Waals surface area contributed by atoms with Gasteiger partial charge in [0.25, 0.3) is 0 Å². The van der Waals surface area contributed by atoms with Crippen molar-refractivity contribution in [2.24, 2.45) is 5.92 Å². The van der Waals surface area contributed by atoms with Crippen molar-refractivity contribution in [1.82, 2.24) is 20.1 Å². The molecule has 1 atom stereocenters. The van der Waals surface area contributed by atoms with Gasteiger partial charge in [0.15, 0.2) is 10.8 Å². The maximum absolute atomic E-state index is 12.7. The Hall–Kier alpha value is -2.41. The summed E-state index contributed by atoms with van der Waals surface area (Å²) in [6.45, 7) is 11.8. The molecule has 0 aliphatic carbocycles. The molecular weight excluding hydrogens is 382 g/mol. The molecule has 4 rings (SSSR count). The van der Waals surface area contributed by atoms with E-state index in [9.17, 15) is 4.79 Å². The number of thiazole rings is 1. The van der Waals surface area contributed by atoms with Crippen molar-refractivity contribution in [3.8, 4) is 5.69 Å². The minimum absolute atomic E-state index is 0.00433. The fraction of sp³-hybridized carbons (Fsp3) is 0.500. The molecule has 1 aliphatic heterocycles. The van der Waals surface area contributed by atoms with Crippen molar-refractivity contribution in [2.75, 3.05) is 18.0 Å². The maximum Gasteiger partial charge on any atom is 0.225 e. The highest BCUT2D eigenvalue weighted by Gasteiger charge is 2.30. The predicted molar refractivity (Wildman–Crippen MR) is 119 cm³/mol. The lowest BCUT2D eigenvalue weighted by Gasteiger charge is -2.33. The van der Waals surface area contributed by atoms with Gasteiger partial charge in [-0.1, -0.05) is 29.0 Å². The number of benzene rings is 1. The molecule has 0 saturated carbocycles. The van der Waals surface area contributed by atoms with E-state index < -0.39 is 0 Å². The van der Waals surface area contributed by atoms with Gasteiger partial charge in [-0.2, -0.15) is 10.1 Å². The molecule has 1 amide bonds. The van der Waals surface area contributed by atoms with Gasteiger partial charge < -0.3 is 10.2 Å². The SMILES string of the molecule is Cc1ccc(-n2nc(C)c3sc(N4CCC[C@H](C(=O)NC(C)(C)C)C4)nc32)cc1. The fourth-order valence-corrected chi connectivity index (χ4v) is 4.78. The van der Waals surface area contributed by atoms with Crippen LogP contribution < -0.4 is 10.2 Å². The third kappa shape index (κ3) is 4.15. The summed E-state index contributed by atoms with van der Waals surface area (Å²) >= 11 is 1.68. The van der Waals surface area contributed by atoms with Gasteiger partial charge >= 0.3 is 0 Å². The van der Waals surface area contributed by atoms with Gasteiger partial charge in [-0.3, -0.25) is 4.79 Å². The van der Waals surface area contributed by atoms with Crippen molar-refractivity contribution in [3.05, 3.63) is 35.5 Å². The van der Waals surface area contributed by atoms with E-state index in [0.717, 1.165) is 52.8 Å². The molecule has 0 spiro atoms. The number of fused-ring (bicyclic) bond motifs is 1. The number of hydrogen-bond donors (Lipinski definition) is 1. The molecule has 3 aromatic rings. The zero-order valence-corrected chi connectivity index (χ0v) is 18.6. The number of rotatable bonds is 3. The van der Waals surface area contributed by atoms with Crippen LogP contribution in [0.2, 0.25) is 0 Å². The van der Waals surface area contributed by atoms with Crippen LogP contribution in [0.1, 0.15) is 44.9 Å². The van der Waals surface area contributed by atoms with E-state index in [1.807, 2.05) is 32.4 Å². The molecular formula is C22H29N5OS. The van der Waals surface area contributed by atoms with E-state index >= 15 is 0 Å². The van der Waals surface area contributed by atoms with Crippen LogP contribution in [0.15, 0.2) is 24.3 Å². The third-order valence-corrected chi connectivity index (χ3v) is 6.43. The minimum Gasteiger partial charge on any atom is -0.351 e. The van der Waals surface area contributed by atoms with E-state index in [4.69, 9.17) is 10.1 Å². The Morgan fingerprint density at radius 1 is 1.21 bits per heavy atom. The highest BCUT2D eigenvalue weighted by Crippen LogP contribution is 2.34. The van der Waals surface area contributed by atoms with Gasteiger partial charge in [-0.25, -0.2) is 4.68 Å². The highest BCUT2D eigenvalue weighted by atomic mass is 32.1. The molecule has 1 fully saturated rings. The molecule has 1 aromatic carbocycles. The van der Waals surface area contributed by atoms with Gasteiger partial charge in [-0.05, 0) is 59.6 Å². The van der Waals surface area contributed by atoms with E-state index in [1.54, 1.807) is 11.3 Å². The first-order chi connectivity index (χ1) is 13.7. The third-order valence-electron chi connectivity index (χ3n) is 5.22. The monoisotopic (exact) mass is 411 g/mol. The first-order valence-electron chi connectivity index (χ1n) is 10.2. The lowest BCUT2D eigenvalue weighted by Crippen LogP contribution is -2.48. The van der Waals surface area contributed by atoms with E-state index in [2.05, 4.69) is 41.4 Å². The molecule has 7 heteroatoms. The molecule has 6 nitrogen and oxygen atoms in total. The Balaban J connectivity index is 1.60. The fourth-order valence-electron chi connectivity index (χ4n) is 3.76. The van der Waals surface area contributed by atoms with Gasteiger partial charge in [0.1, 0.15) is 0 Å². The quantitative estimate of drug-likeness (QED) is 0.701. The summed E-state index contributed by atoms with van der Waals surface area (Å²) in [6.07, 6.45) is 1.93. The molecule has 154 valence electrons. The number of carbonyl (C=O) groups is 1. The van der Waals surface area contributed by atoms with E-state index in [1.165, 1.54) is 5.56 Å². The summed E-state index contributed by atoms with van der Waals surface area (Å²) in [5.41, 5.74) is 3.92. The van der Waals surface area contributed by atoms with E-state index in [-0.39, 0.29) is 17.4 Å². The Kier molecular flexibility index (Phi) is 5.11. The lowest BCUT2D eigenvalue weighted by atomic mass is 9.96. The molecule has 29 heavy (non-hydrogen) atoms. The Morgan fingerprint density at radius 3 is 2.62 bits per heavy atom. The summed E-state index contributed by atoms with van der Waals surface area (Å²) in [5.74, 6) is 0.148. The molecule has 0 bridgehead atoms. The van der Waals surface area contributed by atoms with Crippen LogP contribution in [0.25, 0.3) is 16.0 Å². The number of anilines is 1. The van der Waals surface area contributed by atoms with Crippen LogP contribution in [0, 0.1) is 19.8 Å². The van der Waals surface area contributed by atoms with Gasteiger partial charge in [0.05, 0.1) is 22.0 Å². The maximum atomic E-state index is 12.7. The van der Waals surface area contributed by atoms with Crippen LogP contribution in [0.3, 0.4) is 0 Å². The molecule has 2 aromatic heterocycles. The number of aromatic nitrogens is 3.